The van der Waals surface area contributed by atoms with Gasteiger partial charge in [-0.05, 0) is 35.7 Å². The van der Waals surface area contributed by atoms with E-state index in [0.717, 1.165) is 22.6 Å². The lowest BCUT2D eigenvalue weighted by Crippen LogP contribution is -2.18. The van der Waals surface area contributed by atoms with Gasteiger partial charge in [0.1, 0.15) is 0 Å². The average Bonchev–Trinajstić information content (AvgIpc) is 3.12. The van der Waals surface area contributed by atoms with Crippen molar-refractivity contribution in [2.24, 2.45) is 0 Å². The highest BCUT2D eigenvalue weighted by Crippen LogP contribution is 2.31. The molecule has 0 radical (unpaired) electrons. The third-order valence-electron chi connectivity index (χ3n) is 4.66. The molecule has 0 spiro atoms. The number of imidazole rings is 1. The van der Waals surface area contributed by atoms with E-state index in [2.05, 4.69) is 59.8 Å². The van der Waals surface area contributed by atoms with Gasteiger partial charge in [0.15, 0.2) is 5.65 Å². The number of aromatic nitrogens is 3. The number of aliphatic hydroxyl groups excluding tert-OH is 1. The van der Waals surface area contributed by atoms with E-state index < -0.39 is 0 Å². The van der Waals surface area contributed by atoms with Crippen LogP contribution in [0.5, 0.6) is 0 Å². The van der Waals surface area contributed by atoms with Gasteiger partial charge >= 0.3 is 0 Å². The van der Waals surface area contributed by atoms with E-state index in [0.29, 0.717) is 13.1 Å². The van der Waals surface area contributed by atoms with Crippen molar-refractivity contribution in [2.75, 3.05) is 13.2 Å². The smallest absolute Gasteiger partial charge is 0.154 e. The van der Waals surface area contributed by atoms with Gasteiger partial charge in [0.05, 0.1) is 24.2 Å². The van der Waals surface area contributed by atoms with Crippen LogP contribution in [0.4, 0.5) is 0 Å². The van der Waals surface area contributed by atoms with Gasteiger partial charge in [0, 0.05) is 18.7 Å². The fraction of sp³-hybridized carbons (Fsp3) is 0.182. The number of rotatable bonds is 6. The summed E-state index contributed by atoms with van der Waals surface area (Å²) in [4.78, 5) is 4.76. The monoisotopic (exact) mass is 358 g/mol. The highest BCUT2D eigenvalue weighted by molar-refractivity contribution is 5.77. The van der Waals surface area contributed by atoms with Gasteiger partial charge in [-0.3, -0.25) is 0 Å². The fourth-order valence-corrected chi connectivity index (χ4v) is 3.28. The number of aliphatic hydroxyl groups is 1. The standard InChI is InChI=1S/C22H22N4O/c1-16-19(17-6-3-2-4-7-17)8-5-9-20(16)21-15-26-22(24-21)11-10-18(25-26)14-23-12-13-27/h2-11,15,23,27H,12-14H2,1H3. The molecular weight excluding hydrogens is 336 g/mol. The van der Waals surface area contributed by atoms with Crippen LogP contribution >= 0.6 is 0 Å². The third kappa shape index (κ3) is 3.60. The van der Waals surface area contributed by atoms with Crippen LogP contribution in [-0.2, 0) is 6.54 Å². The Balaban J connectivity index is 1.70. The summed E-state index contributed by atoms with van der Waals surface area (Å²) in [5.74, 6) is 0. The molecule has 0 amide bonds. The minimum Gasteiger partial charge on any atom is -0.395 e. The Labute approximate surface area is 158 Å². The summed E-state index contributed by atoms with van der Waals surface area (Å²) in [7, 11) is 0. The molecule has 0 atom stereocenters. The van der Waals surface area contributed by atoms with Gasteiger partial charge in [-0.25, -0.2) is 9.50 Å². The van der Waals surface area contributed by atoms with Gasteiger partial charge in [-0.2, -0.15) is 5.10 Å². The van der Waals surface area contributed by atoms with Crippen molar-refractivity contribution in [3.05, 3.63) is 78.1 Å². The van der Waals surface area contributed by atoms with Gasteiger partial charge in [0.25, 0.3) is 0 Å². The molecule has 4 rings (SSSR count). The maximum absolute atomic E-state index is 8.88. The number of hydrogen-bond acceptors (Lipinski definition) is 4. The van der Waals surface area contributed by atoms with E-state index in [4.69, 9.17) is 10.1 Å². The minimum absolute atomic E-state index is 0.120. The number of nitrogens with one attached hydrogen (secondary N) is 1. The van der Waals surface area contributed by atoms with E-state index in [1.54, 1.807) is 0 Å². The summed E-state index contributed by atoms with van der Waals surface area (Å²) in [5.41, 5.74) is 7.38. The molecule has 2 N–H and O–H groups in total. The quantitative estimate of drug-likeness (QED) is 0.518. The number of fused-ring (bicyclic) bond motifs is 1. The summed E-state index contributed by atoms with van der Waals surface area (Å²) >= 11 is 0. The topological polar surface area (TPSA) is 62.5 Å². The Morgan fingerprint density at radius 1 is 0.963 bits per heavy atom. The molecule has 0 aliphatic heterocycles. The molecule has 136 valence electrons. The summed E-state index contributed by atoms with van der Waals surface area (Å²) in [5, 5.41) is 16.6. The Kier molecular flexibility index (Phi) is 4.96. The van der Waals surface area contributed by atoms with Crippen molar-refractivity contribution in [1.82, 2.24) is 19.9 Å². The molecule has 4 aromatic rings. The second kappa shape index (κ2) is 7.70. The van der Waals surface area contributed by atoms with E-state index in [1.807, 2.05) is 28.9 Å². The molecule has 0 unspecified atom stereocenters. The Hall–Kier alpha value is -3.02. The van der Waals surface area contributed by atoms with Crippen molar-refractivity contribution in [3.8, 4) is 22.4 Å². The van der Waals surface area contributed by atoms with Gasteiger partial charge in [0.2, 0.25) is 0 Å². The van der Waals surface area contributed by atoms with E-state index in [9.17, 15) is 0 Å². The van der Waals surface area contributed by atoms with Crippen LogP contribution in [0.3, 0.4) is 0 Å². The number of hydrogen-bond donors (Lipinski definition) is 2. The van der Waals surface area contributed by atoms with Crippen LogP contribution in [0.25, 0.3) is 28.0 Å². The molecule has 0 aliphatic rings. The number of nitrogens with zero attached hydrogens (tertiary/aromatic N) is 3. The highest BCUT2D eigenvalue weighted by Gasteiger charge is 2.11. The van der Waals surface area contributed by atoms with Crippen molar-refractivity contribution in [3.63, 3.8) is 0 Å². The molecule has 27 heavy (non-hydrogen) atoms. The summed E-state index contributed by atoms with van der Waals surface area (Å²) < 4.78 is 1.82. The first kappa shape index (κ1) is 17.4. The van der Waals surface area contributed by atoms with E-state index >= 15 is 0 Å². The minimum atomic E-state index is 0.120. The van der Waals surface area contributed by atoms with Crippen molar-refractivity contribution in [2.45, 2.75) is 13.5 Å². The third-order valence-corrected chi connectivity index (χ3v) is 4.66. The molecule has 2 heterocycles. The van der Waals surface area contributed by atoms with E-state index in [-0.39, 0.29) is 6.61 Å². The normalized spacial score (nSPS) is 11.2. The zero-order valence-corrected chi connectivity index (χ0v) is 15.3. The Bertz CT molecular complexity index is 1060. The maximum atomic E-state index is 8.88. The van der Waals surface area contributed by atoms with Crippen LogP contribution < -0.4 is 5.32 Å². The molecule has 0 saturated carbocycles. The lowest BCUT2D eigenvalue weighted by Gasteiger charge is -2.10. The molecule has 0 saturated heterocycles. The predicted molar refractivity (Wildman–Crippen MR) is 107 cm³/mol. The number of benzene rings is 2. The van der Waals surface area contributed by atoms with Crippen LogP contribution in [-0.4, -0.2) is 32.9 Å². The lowest BCUT2D eigenvalue weighted by atomic mass is 9.95. The molecule has 0 fully saturated rings. The summed E-state index contributed by atoms with van der Waals surface area (Å²) in [6, 6.07) is 20.7. The first-order valence-corrected chi connectivity index (χ1v) is 9.08. The highest BCUT2D eigenvalue weighted by atomic mass is 16.3. The van der Waals surface area contributed by atoms with Crippen LogP contribution in [0, 0.1) is 6.92 Å². The average molecular weight is 358 g/mol. The zero-order valence-electron chi connectivity index (χ0n) is 15.3. The van der Waals surface area contributed by atoms with Crippen molar-refractivity contribution in [1.29, 1.82) is 0 Å². The molecule has 2 aromatic heterocycles. The Morgan fingerprint density at radius 3 is 2.59 bits per heavy atom. The van der Waals surface area contributed by atoms with Crippen molar-refractivity contribution < 1.29 is 5.11 Å². The molecule has 5 nitrogen and oxygen atoms in total. The molecule has 0 bridgehead atoms. The van der Waals surface area contributed by atoms with Crippen LogP contribution in [0.1, 0.15) is 11.3 Å². The first-order chi connectivity index (χ1) is 13.3. The predicted octanol–water partition coefficient (Wildman–Crippen LogP) is 3.45. The zero-order chi connectivity index (χ0) is 18.6. The summed E-state index contributed by atoms with van der Waals surface area (Å²) in [6.45, 7) is 3.43. The lowest BCUT2D eigenvalue weighted by molar-refractivity contribution is 0.291. The van der Waals surface area contributed by atoms with Gasteiger partial charge < -0.3 is 10.4 Å². The molecule has 0 aliphatic carbocycles. The SMILES string of the molecule is Cc1c(-c2ccccc2)cccc1-c1cn2nc(CNCCO)ccc2n1. The van der Waals surface area contributed by atoms with Crippen molar-refractivity contribution >= 4 is 5.65 Å². The second-order valence-electron chi connectivity index (χ2n) is 6.50. The maximum Gasteiger partial charge on any atom is 0.154 e. The first-order valence-electron chi connectivity index (χ1n) is 9.08. The summed E-state index contributed by atoms with van der Waals surface area (Å²) in [6.07, 6.45) is 1.97. The molecule has 2 aromatic carbocycles. The fourth-order valence-electron chi connectivity index (χ4n) is 3.28. The molecule has 5 heteroatoms. The Morgan fingerprint density at radius 2 is 1.78 bits per heavy atom. The second-order valence-corrected chi connectivity index (χ2v) is 6.50. The largest absolute Gasteiger partial charge is 0.395 e. The van der Waals surface area contributed by atoms with Crippen LogP contribution in [0.2, 0.25) is 0 Å². The van der Waals surface area contributed by atoms with Crippen LogP contribution in [0.15, 0.2) is 66.9 Å². The van der Waals surface area contributed by atoms with E-state index in [1.165, 1.54) is 16.7 Å². The van der Waals surface area contributed by atoms with Gasteiger partial charge in [-0.1, -0.05) is 48.5 Å². The molecular formula is C22H22N4O. The van der Waals surface area contributed by atoms with Gasteiger partial charge in [-0.15, -0.1) is 0 Å².